The molecule has 8 atom stereocenters. The van der Waals surface area contributed by atoms with Crippen LogP contribution in [0.25, 0.3) is 0 Å². The Hall–Kier alpha value is -1.39. The number of fused-ring (bicyclic) bond motifs is 5. The third kappa shape index (κ3) is 3.33. The molecule has 0 amide bonds. The van der Waals surface area contributed by atoms with Crippen LogP contribution in [0.5, 0.6) is 0 Å². The minimum Gasteiger partial charge on any atom is -0.466 e. The highest BCUT2D eigenvalue weighted by Gasteiger charge is 2.63. The van der Waals surface area contributed by atoms with Crippen molar-refractivity contribution in [3.63, 3.8) is 0 Å². The summed E-state index contributed by atoms with van der Waals surface area (Å²) in [6.45, 7) is 8.07. The van der Waals surface area contributed by atoms with Gasteiger partial charge in [0.05, 0.1) is 6.61 Å². The highest BCUT2D eigenvalue weighted by molar-refractivity contribution is 5.80. The molecule has 0 aliphatic heterocycles. The van der Waals surface area contributed by atoms with Gasteiger partial charge in [0, 0.05) is 38.0 Å². The van der Waals surface area contributed by atoms with Gasteiger partial charge in [0.15, 0.2) is 0 Å². The molecule has 4 aliphatic rings. The Morgan fingerprint density at radius 3 is 2.41 bits per heavy atom. The summed E-state index contributed by atoms with van der Waals surface area (Å²) in [6, 6.07) is 0. The minimum absolute atomic E-state index is 0.0428. The van der Waals surface area contributed by atoms with Crippen molar-refractivity contribution < 1.29 is 23.9 Å². The lowest BCUT2D eigenvalue weighted by atomic mass is 9.43. The van der Waals surface area contributed by atoms with Gasteiger partial charge in [-0.05, 0) is 67.6 Å². The van der Waals surface area contributed by atoms with Crippen LogP contribution in [-0.4, -0.2) is 30.4 Å². The van der Waals surface area contributed by atoms with Crippen LogP contribution >= 0.6 is 0 Å². The van der Waals surface area contributed by atoms with Crippen LogP contribution in [0.2, 0.25) is 0 Å². The molecule has 0 heterocycles. The molecule has 0 saturated heterocycles. The molecule has 4 saturated carbocycles. The van der Waals surface area contributed by atoms with Crippen molar-refractivity contribution in [2.75, 3.05) is 6.61 Å². The van der Waals surface area contributed by atoms with Crippen LogP contribution in [0.4, 0.5) is 0 Å². The second-order valence-electron chi connectivity index (χ2n) is 10.7. The summed E-state index contributed by atoms with van der Waals surface area (Å²) in [5, 5.41) is 0. The molecule has 5 nitrogen and oxygen atoms in total. The van der Waals surface area contributed by atoms with Gasteiger partial charge in [0.2, 0.25) is 0 Å². The van der Waals surface area contributed by atoms with E-state index in [2.05, 4.69) is 13.8 Å². The van der Waals surface area contributed by atoms with E-state index in [1.54, 1.807) is 0 Å². The number of esters is 2. The average molecular weight is 405 g/mol. The summed E-state index contributed by atoms with van der Waals surface area (Å²) < 4.78 is 11.2. The third-order valence-electron chi connectivity index (χ3n) is 9.50. The van der Waals surface area contributed by atoms with E-state index in [9.17, 15) is 14.4 Å². The lowest BCUT2D eigenvalue weighted by Gasteiger charge is -2.62. The molecule has 0 N–H and O–H groups in total. The van der Waals surface area contributed by atoms with E-state index in [0.717, 1.165) is 32.1 Å². The van der Waals surface area contributed by atoms with Crippen LogP contribution in [0.15, 0.2) is 0 Å². The first kappa shape index (κ1) is 20.9. The van der Waals surface area contributed by atoms with Crippen molar-refractivity contribution in [2.45, 2.75) is 85.2 Å². The van der Waals surface area contributed by atoms with Gasteiger partial charge in [0.1, 0.15) is 11.9 Å². The normalized spacial score (nSPS) is 46.3. The number of ether oxygens (including phenoxy) is 2. The molecular weight excluding hydrogens is 368 g/mol. The van der Waals surface area contributed by atoms with Gasteiger partial charge in [0.25, 0.3) is 0 Å². The molecule has 0 spiro atoms. The van der Waals surface area contributed by atoms with Gasteiger partial charge in [-0.3, -0.25) is 14.4 Å². The summed E-state index contributed by atoms with van der Waals surface area (Å²) in [6.07, 6.45) is 7.83. The van der Waals surface area contributed by atoms with Crippen LogP contribution in [-0.2, 0) is 23.9 Å². The molecule has 0 radical (unpaired) electrons. The summed E-state index contributed by atoms with van der Waals surface area (Å²) in [5.74, 6) is 2.19. The van der Waals surface area contributed by atoms with E-state index in [4.69, 9.17) is 9.47 Å². The SMILES string of the molecule is CC(=O)OC[C@H]1CC(=O)C[C@@H]2CC[C@H]3[C@@H]4CC[C@H](OC(C)=O)[C@@]4(C)CC[C@@H]3[C@]21C. The fourth-order valence-corrected chi connectivity index (χ4v) is 8.08. The second kappa shape index (κ2) is 7.39. The first-order valence-corrected chi connectivity index (χ1v) is 11.5. The molecule has 0 bridgehead atoms. The number of rotatable bonds is 3. The van der Waals surface area contributed by atoms with E-state index in [0.29, 0.717) is 48.9 Å². The second-order valence-corrected chi connectivity index (χ2v) is 10.7. The highest BCUT2D eigenvalue weighted by atomic mass is 16.5. The summed E-state index contributed by atoms with van der Waals surface area (Å²) in [5.41, 5.74) is 0.124. The van der Waals surface area contributed by atoms with E-state index in [-0.39, 0.29) is 34.8 Å². The summed E-state index contributed by atoms with van der Waals surface area (Å²) in [7, 11) is 0. The zero-order valence-corrected chi connectivity index (χ0v) is 18.4. The molecule has 4 fully saturated rings. The third-order valence-corrected chi connectivity index (χ3v) is 9.50. The number of Topliss-reactive ketones (excluding diaryl/α,β-unsaturated/α-hetero) is 1. The van der Waals surface area contributed by atoms with Crippen molar-refractivity contribution in [3.8, 4) is 0 Å². The number of ketones is 1. The molecule has 0 aromatic heterocycles. The molecular formula is C24H36O5. The number of hydrogen-bond acceptors (Lipinski definition) is 5. The van der Waals surface area contributed by atoms with E-state index in [1.165, 1.54) is 20.3 Å². The fourth-order valence-electron chi connectivity index (χ4n) is 8.08. The summed E-state index contributed by atoms with van der Waals surface area (Å²) >= 11 is 0. The van der Waals surface area contributed by atoms with Gasteiger partial charge in [-0.15, -0.1) is 0 Å². The van der Waals surface area contributed by atoms with Gasteiger partial charge < -0.3 is 9.47 Å². The molecule has 0 unspecified atom stereocenters. The van der Waals surface area contributed by atoms with Crippen molar-refractivity contribution in [1.29, 1.82) is 0 Å². The zero-order valence-electron chi connectivity index (χ0n) is 18.4. The average Bonchev–Trinajstić information content (AvgIpc) is 2.96. The number of carbonyl (C=O) groups is 3. The molecule has 162 valence electrons. The van der Waals surface area contributed by atoms with Crippen molar-refractivity contribution >= 4 is 17.7 Å². The molecule has 5 heteroatoms. The Kier molecular flexibility index (Phi) is 5.31. The zero-order chi connectivity index (χ0) is 21.0. The Balaban J connectivity index is 1.61. The molecule has 0 aromatic carbocycles. The lowest BCUT2D eigenvalue weighted by molar-refractivity contribution is -0.175. The van der Waals surface area contributed by atoms with Gasteiger partial charge >= 0.3 is 11.9 Å². The smallest absolute Gasteiger partial charge is 0.302 e. The van der Waals surface area contributed by atoms with Gasteiger partial charge in [-0.25, -0.2) is 0 Å². The Morgan fingerprint density at radius 1 is 0.966 bits per heavy atom. The summed E-state index contributed by atoms with van der Waals surface area (Å²) in [4.78, 5) is 35.6. The van der Waals surface area contributed by atoms with Crippen LogP contribution in [0.1, 0.15) is 79.1 Å². The van der Waals surface area contributed by atoms with Crippen LogP contribution < -0.4 is 0 Å². The maximum Gasteiger partial charge on any atom is 0.302 e. The Bertz CT molecular complexity index is 701. The fraction of sp³-hybridized carbons (Fsp3) is 0.875. The predicted molar refractivity (Wildman–Crippen MR) is 108 cm³/mol. The minimum atomic E-state index is -0.258. The first-order valence-electron chi connectivity index (χ1n) is 11.5. The monoisotopic (exact) mass is 404 g/mol. The lowest BCUT2D eigenvalue weighted by Crippen LogP contribution is -2.58. The molecule has 0 aromatic rings. The van der Waals surface area contributed by atoms with Gasteiger partial charge in [-0.2, -0.15) is 0 Å². The van der Waals surface area contributed by atoms with E-state index >= 15 is 0 Å². The standard InChI is InChI=1S/C24H36O5/c1-14(25)28-13-17-12-18(27)11-16-5-6-19-20-7-8-22(29-15(2)26)23(20,3)10-9-21(19)24(16,17)4/h16-17,19-22H,5-13H2,1-4H3/t16-,17+,19-,20-,21-,22-,23-,24+/m0/s1. The largest absolute Gasteiger partial charge is 0.466 e. The predicted octanol–water partition coefficient (Wildman–Crippen LogP) is 4.32. The van der Waals surface area contributed by atoms with E-state index in [1.807, 2.05) is 0 Å². The Morgan fingerprint density at radius 2 is 1.72 bits per heavy atom. The van der Waals surface area contributed by atoms with Gasteiger partial charge in [-0.1, -0.05) is 13.8 Å². The molecule has 29 heavy (non-hydrogen) atoms. The van der Waals surface area contributed by atoms with E-state index < -0.39 is 0 Å². The van der Waals surface area contributed by atoms with Crippen LogP contribution in [0.3, 0.4) is 0 Å². The molecule has 4 aliphatic carbocycles. The number of carbonyl (C=O) groups excluding carboxylic acids is 3. The maximum absolute atomic E-state index is 12.5. The quantitative estimate of drug-likeness (QED) is 0.655. The van der Waals surface area contributed by atoms with Crippen molar-refractivity contribution in [2.24, 2.45) is 40.4 Å². The van der Waals surface area contributed by atoms with Crippen molar-refractivity contribution in [1.82, 2.24) is 0 Å². The maximum atomic E-state index is 12.5. The Labute approximate surface area is 174 Å². The first-order chi connectivity index (χ1) is 13.7. The highest BCUT2D eigenvalue weighted by Crippen LogP contribution is 2.67. The van der Waals surface area contributed by atoms with Crippen molar-refractivity contribution in [3.05, 3.63) is 0 Å². The van der Waals surface area contributed by atoms with Crippen LogP contribution in [0, 0.1) is 40.4 Å². The number of hydrogen-bond donors (Lipinski definition) is 0. The molecule has 4 rings (SSSR count). The topological polar surface area (TPSA) is 69.7 Å².